The third-order valence-electron chi connectivity index (χ3n) is 4.98. The second-order valence-corrected chi connectivity index (χ2v) is 9.00. The molecule has 0 fully saturated rings. The number of hydrogen-bond donors (Lipinski definition) is 2. The first-order valence-electron chi connectivity index (χ1n) is 9.29. The molecule has 1 amide bonds. The number of benzene rings is 2. The van der Waals surface area contributed by atoms with Gasteiger partial charge < -0.3 is 15.2 Å². The Morgan fingerprint density at radius 3 is 2.87 bits per heavy atom. The molecule has 5 rings (SSSR count). The number of rotatable bonds is 3. The van der Waals surface area contributed by atoms with Crippen LogP contribution in [0.2, 0.25) is 0 Å². The molecule has 7 nitrogen and oxygen atoms in total. The molecule has 0 saturated carbocycles. The van der Waals surface area contributed by atoms with E-state index in [1.165, 1.54) is 30.2 Å². The number of anilines is 1. The van der Waals surface area contributed by atoms with Gasteiger partial charge in [-0.05, 0) is 36.8 Å². The predicted octanol–water partition coefficient (Wildman–Crippen LogP) is 4.28. The Morgan fingerprint density at radius 1 is 1.27 bits per heavy atom. The molecule has 9 heteroatoms. The van der Waals surface area contributed by atoms with Crippen LogP contribution in [0, 0.1) is 6.92 Å². The molecule has 1 aliphatic rings. The third kappa shape index (κ3) is 3.10. The zero-order valence-electron chi connectivity index (χ0n) is 16.2. The quantitative estimate of drug-likeness (QED) is 0.496. The van der Waals surface area contributed by atoms with E-state index in [4.69, 9.17) is 14.8 Å². The van der Waals surface area contributed by atoms with Gasteiger partial charge in [0.05, 0.1) is 34.0 Å². The van der Waals surface area contributed by atoms with Crippen molar-refractivity contribution in [2.75, 3.05) is 18.2 Å². The number of ether oxygens (including phenoxy) is 1. The highest BCUT2D eigenvalue weighted by atomic mass is 32.2. The number of para-hydroxylation sites is 1. The summed E-state index contributed by atoms with van der Waals surface area (Å²) < 4.78 is 7.94. The summed E-state index contributed by atoms with van der Waals surface area (Å²) in [4.78, 5) is 17.2. The zero-order valence-corrected chi connectivity index (χ0v) is 17.9. The second-order valence-electron chi connectivity index (χ2n) is 6.89. The average molecular weight is 439 g/mol. The highest BCUT2D eigenvalue weighted by molar-refractivity contribution is 8.00. The number of thioether (sulfide) groups is 1. The summed E-state index contributed by atoms with van der Waals surface area (Å²) in [6.45, 7) is 1.93. The van der Waals surface area contributed by atoms with E-state index in [-0.39, 0.29) is 16.9 Å². The molecule has 0 radical (unpaired) electrons. The van der Waals surface area contributed by atoms with Crippen LogP contribution in [0.5, 0.6) is 11.5 Å². The maximum atomic E-state index is 12.5. The van der Waals surface area contributed by atoms with Crippen LogP contribution < -0.4 is 10.1 Å². The molecule has 2 aromatic carbocycles. The summed E-state index contributed by atoms with van der Waals surface area (Å²) in [5.41, 5.74) is 3.49. The van der Waals surface area contributed by atoms with Gasteiger partial charge in [0.15, 0.2) is 11.5 Å². The first kappa shape index (κ1) is 19.0. The van der Waals surface area contributed by atoms with Crippen molar-refractivity contribution in [3.63, 3.8) is 0 Å². The van der Waals surface area contributed by atoms with Gasteiger partial charge >= 0.3 is 0 Å². The van der Waals surface area contributed by atoms with E-state index in [0.717, 1.165) is 27.0 Å². The Balaban J connectivity index is 1.67. The zero-order chi connectivity index (χ0) is 20.8. The van der Waals surface area contributed by atoms with Crippen LogP contribution in [0.4, 0.5) is 5.82 Å². The number of thiazole rings is 1. The Hall–Kier alpha value is -3.04. The van der Waals surface area contributed by atoms with Crippen LogP contribution in [0.25, 0.3) is 15.3 Å². The minimum atomic E-state index is -0.168. The van der Waals surface area contributed by atoms with E-state index in [1.807, 2.05) is 37.3 Å². The van der Waals surface area contributed by atoms with Gasteiger partial charge in [-0.25, -0.2) is 4.98 Å². The fourth-order valence-electron chi connectivity index (χ4n) is 3.61. The summed E-state index contributed by atoms with van der Waals surface area (Å²) >= 11 is 3.03. The van der Waals surface area contributed by atoms with E-state index >= 15 is 0 Å². The molecule has 30 heavy (non-hydrogen) atoms. The number of carbonyl (C=O) groups is 1. The van der Waals surface area contributed by atoms with Crippen molar-refractivity contribution in [1.29, 1.82) is 0 Å². The third-order valence-corrected chi connectivity index (χ3v) is 7.26. The van der Waals surface area contributed by atoms with Gasteiger partial charge in [-0.3, -0.25) is 4.79 Å². The maximum absolute atomic E-state index is 12.5. The number of nitrogens with zero attached hydrogens (tertiary/aromatic N) is 3. The van der Waals surface area contributed by atoms with E-state index in [2.05, 4.69) is 5.32 Å². The van der Waals surface area contributed by atoms with Crippen LogP contribution in [0.1, 0.15) is 22.1 Å². The fourth-order valence-corrected chi connectivity index (χ4v) is 5.71. The number of fused-ring (bicyclic) bond motifs is 2. The molecule has 0 bridgehead atoms. The van der Waals surface area contributed by atoms with Gasteiger partial charge in [0.1, 0.15) is 5.82 Å². The minimum Gasteiger partial charge on any atom is -0.504 e. The molecule has 1 atom stereocenters. The molecule has 1 unspecified atom stereocenters. The minimum absolute atomic E-state index is 0.0666. The number of methoxy groups -OCH3 is 1. The second kappa shape index (κ2) is 7.33. The molecule has 152 valence electrons. The first-order valence-corrected chi connectivity index (χ1v) is 11.2. The molecule has 4 aromatic rings. The van der Waals surface area contributed by atoms with Crippen molar-refractivity contribution >= 4 is 45.0 Å². The summed E-state index contributed by atoms with van der Waals surface area (Å²) in [6, 6.07) is 13.2. The van der Waals surface area contributed by atoms with Crippen molar-refractivity contribution in [2.24, 2.45) is 0 Å². The topological polar surface area (TPSA) is 89.3 Å². The van der Waals surface area contributed by atoms with Crippen LogP contribution in [-0.4, -0.2) is 38.6 Å². The van der Waals surface area contributed by atoms with Crippen molar-refractivity contribution in [3.05, 3.63) is 59.3 Å². The number of aromatic hydroxyl groups is 1. The Bertz CT molecular complexity index is 1250. The van der Waals surface area contributed by atoms with Gasteiger partial charge in [0.25, 0.3) is 0 Å². The number of aromatic nitrogens is 3. The van der Waals surface area contributed by atoms with E-state index in [0.29, 0.717) is 22.5 Å². The fraction of sp³-hybridized carbons (Fsp3) is 0.190. The maximum Gasteiger partial charge on any atom is 0.235 e. The number of phenolic OH excluding ortho intramolecular Hbond substituents is 1. The van der Waals surface area contributed by atoms with Gasteiger partial charge in [-0.1, -0.05) is 29.5 Å². The van der Waals surface area contributed by atoms with E-state index in [9.17, 15) is 9.90 Å². The Morgan fingerprint density at radius 2 is 2.10 bits per heavy atom. The predicted molar refractivity (Wildman–Crippen MR) is 119 cm³/mol. The van der Waals surface area contributed by atoms with Gasteiger partial charge in [-0.2, -0.15) is 9.78 Å². The standard InChI is InChI=1S/C21H18N4O3S2/c1-11-18-19(12-7-8-15(28-2)14(26)9-12)29-10-17(27)23-20(18)25(24-11)21-22-13-5-3-4-6-16(13)30-21/h3-9,19,26H,10H2,1-2H3,(H,23,27). The summed E-state index contributed by atoms with van der Waals surface area (Å²) in [5.74, 6) is 1.31. The molecule has 2 aromatic heterocycles. The number of aryl methyl sites for hydroxylation is 1. The molecule has 1 aliphatic heterocycles. The number of phenols is 1. The van der Waals surface area contributed by atoms with E-state index < -0.39 is 0 Å². The molecular weight excluding hydrogens is 420 g/mol. The smallest absolute Gasteiger partial charge is 0.235 e. The number of amides is 1. The van der Waals surface area contributed by atoms with Crippen LogP contribution in [0.3, 0.4) is 0 Å². The largest absolute Gasteiger partial charge is 0.504 e. The highest BCUT2D eigenvalue weighted by Gasteiger charge is 2.31. The lowest BCUT2D eigenvalue weighted by Gasteiger charge is -2.16. The normalized spacial score (nSPS) is 16.2. The van der Waals surface area contributed by atoms with Crippen LogP contribution >= 0.6 is 23.1 Å². The summed E-state index contributed by atoms with van der Waals surface area (Å²) in [5, 5.41) is 18.5. The van der Waals surface area contributed by atoms with Crippen molar-refractivity contribution in [2.45, 2.75) is 12.2 Å². The monoisotopic (exact) mass is 438 g/mol. The molecule has 0 aliphatic carbocycles. The average Bonchev–Trinajstić information content (AvgIpc) is 3.24. The molecular formula is C21H18N4O3S2. The molecule has 3 heterocycles. The Kier molecular flexibility index (Phi) is 4.63. The lowest BCUT2D eigenvalue weighted by atomic mass is 10.0. The summed E-state index contributed by atoms with van der Waals surface area (Å²) in [6.07, 6.45) is 0. The number of carbonyl (C=O) groups excluding carboxylic acids is 1. The van der Waals surface area contributed by atoms with Gasteiger partial charge in [-0.15, -0.1) is 11.8 Å². The lowest BCUT2D eigenvalue weighted by molar-refractivity contribution is -0.113. The van der Waals surface area contributed by atoms with Gasteiger partial charge in [0.2, 0.25) is 11.0 Å². The Labute approximate surface area is 180 Å². The first-order chi connectivity index (χ1) is 14.5. The number of hydrogen-bond acceptors (Lipinski definition) is 7. The van der Waals surface area contributed by atoms with Gasteiger partial charge in [0, 0.05) is 5.56 Å². The summed E-state index contributed by atoms with van der Waals surface area (Å²) in [7, 11) is 1.52. The molecule has 0 saturated heterocycles. The van der Waals surface area contributed by atoms with Crippen LogP contribution in [0.15, 0.2) is 42.5 Å². The van der Waals surface area contributed by atoms with Crippen molar-refractivity contribution < 1.29 is 14.6 Å². The number of nitrogens with one attached hydrogen (secondary N) is 1. The molecule has 2 N–H and O–H groups in total. The van der Waals surface area contributed by atoms with Crippen molar-refractivity contribution in [3.8, 4) is 16.6 Å². The molecule has 0 spiro atoms. The highest BCUT2D eigenvalue weighted by Crippen LogP contribution is 2.45. The SMILES string of the molecule is COc1ccc(C2SCC(=O)Nc3c2c(C)nn3-c2nc3ccccc3s2)cc1O. The van der Waals surface area contributed by atoms with E-state index in [1.54, 1.807) is 16.8 Å². The van der Waals surface area contributed by atoms with Crippen LogP contribution in [-0.2, 0) is 4.79 Å². The van der Waals surface area contributed by atoms with Crippen molar-refractivity contribution in [1.82, 2.24) is 14.8 Å². The lowest BCUT2D eigenvalue weighted by Crippen LogP contribution is -2.15.